The number of carbonyl (C=O) groups excluding carboxylic acids is 2. The normalized spacial score (nSPS) is 14.1. The zero-order chi connectivity index (χ0) is 25.3. The van der Waals surface area contributed by atoms with Crippen molar-refractivity contribution in [3.8, 4) is 11.1 Å². The number of alkyl carbamates (subject to hydrolysis) is 1. The molecular formula is C27H34N2O5. The van der Waals surface area contributed by atoms with Crippen LogP contribution < -0.4 is 5.32 Å². The van der Waals surface area contributed by atoms with Gasteiger partial charge in [-0.2, -0.15) is 0 Å². The van der Waals surface area contributed by atoms with Gasteiger partial charge in [-0.1, -0.05) is 55.5 Å². The summed E-state index contributed by atoms with van der Waals surface area (Å²) >= 11 is 0. The molecule has 7 heteroatoms. The molecule has 3 rings (SSSR count). The molecule has 0 aromatic heterocycles. The smallest absolute Gasteiger partial charge is 0.407 e. The van der Waals surface area contributed by atoms with E-state index in [1.54, 1.807) is 41.7 Å². The van der Waals surface area contributed by atoms with Crippen molar-refractivity contribution in [3.05, 3.63) is 59.7 Å². The van der Waals surface area contributed by atoms with Gasteiger partial charge < -0.3 is 20.1 Å². The van der Waals surface area contributed by atoms with Crippen LogP contribution in [-0.4, -0.2) is 53.7 Å². The highest BCUT2D eigenvalue weighted by Crippen LogP contribution is 2.44. The van der Waals surface area contributed by atoms with Crippen molar-refractivity contribution in [2.75, 3.05) is 20.2 Å². The van der Waals surface area contributed by atoms with E-state index in [2.05, 4.69) is 29.6 Å². The van der Waals surface area contributed by atoms with Crippen molar-refractivity contribution < 1.29 is 24.2 Å². The lowest BCUT2D eigenvalue weighted by molar-refractivity contribution is -0.146. The van der Waals surface area contributed by atoms with Crippen LogP contribution in [0, 0.1) is 11.3 Å². The Hall–Kier alpha value is -3.35. The summed E-state index contributed by atoms with van der Waals surface area (Å²) in [7, 11) is 1.58. The van der Waals surface area contributed by atoms with Crippen molar-refractivity contribution in [1.82, 2.24) is 10.2 Å². The summed E-state index contributed by atoms with van der Waals surface area (Å²) in [5.41, 5.74) is 2.59. The molecule has 1 atom stereocenters. The number of carboxylic acids is 1. The first kappa shape index (κ1) is 25.3. The minimum absolute atomic E-state index is 0.0560. The molecule has 34 heavy (non-hydrogen) atoms. The lowest BCUT2D eigenvalue weighted by Gasteiger charge is -2.42. The van der Waals surface area contributed by atoms with Gasteiger partial charge in [0.25, 0.3) is 0 Å². The Bertz CT molecular complexity index is 1050. The number of ether oxygens (including phenoxy) is 1. The van der Waals surface area contributed by atoms with Gasteiger partial charge in [0, 0.05) is 19.5 Å². The summed E-state index contributed by atoms with van der Waals surface area (Å²) in [5, 5.41) is 12.0. The molecule has 0 saturated heterocycles. The van der Waals surface area contributed by atoms with Crippen LogP contribution in [0.5, 0.6) is 0 Å². The zero-order valence-electron chi connectivity index (χ0n) is 20.7. The van der Waals surface area contributed by atoms with Crippen LogP contribution in [0.15, 0.2) is 48.5 Å². The molecule has 2 N–H and O–H groups in total. The maximum Gasteiger partial charge on any atom is 0.407 e. The third kappa shape index (κ3) is 4.79. The van der Waals surface area contributed by atoms with Crippen molar-refractivity contribution in [3.63, 3.8) is 0 Å². The predicted octanol–water partition coefficient (Wildman–Crippen LogP) is 4.51. The van der Waals surface area contributed by atoms with E-state index in [-0.39, 0.29) is 25.0 Å². The van der Waals surface area contributed by atoms with Gasteiger partial charge in [0.1, 0.15) is 6.61 Å². The highest BCUT2D eigenvalue weighted by atomic mass is 16.5. The summed E-state index contributed by atoms with van der Waals surface area (Å²) in [6.45, 7) is 8.82. The third-order valence-corrected chi connectivity index (χ3v) is 7.17. The second kappa shape index (κ2) is 9.49. The molecule has 0 heterocycles. The molecule has 2 amide bonds. The van der Waals surface area contributed by atoms with Gasteiger partial charge >= 0.3 is 12.1 Å². The van der Waals surface area contributed by atoms with E-state index < -0.39 is 28.9 Å². The van der Waals surface area contributed by atoms with Crippen LogP contribution >= 0.6 is 0 Å². The SMILES string of the molecule is CC(CN(C)C(=O)C(C)(C)C(C)(C)NC(=O)OCC1c2ccccc2-c2ccccc21)C(=O)O. The van der Waals surface area contributed by atoms with Crippen molar-refractivity contribution in [2.24, 2.45) is 11.3 Å². The number of nitrogens with one attached hydrogen (secondary N) is 1. The molecule has 0 bridgehead atoms. The molecule has 182 valence electrons. The molecule has 0 spiro atoms. The van der Waals surface area contributed by atoms with Crippen molar-refractivity contribution in [2.45, 2.75) is 46.1 Å². The third-order valence-electron chi connectivity index (χ3n) is 7.17. The van der Waals surface area contributed by atoms with E-state index in [9.17, 15) is 14.4 Å². The van der Waals surface area contributed by atoms with Crippen LogP contribution in [0.2, 0.25) is 0 Å². The van der Waals surface area contributed by atoms with Gasteiger partial charge in [0.15, 0.2) is 0 Å². The van der Waals surface area contributed by atoms with Gasteiger partial charge in [-0.3, -0.25) is 9.59 Å². The Morgan fingerprint density at radius 2 is 1.50 bits per heavy atom. The average molecular weight is 467 g/mol. The topological polar surface area (TPSA) is 95.9 Å². The number of carboxylic acid groups (broad SMARTS) is 1. The number of carbonyl (C=O) groups is 3. The molecular weight excluding hydrogens is 432 g/mol. The van der Waals surface area contributed by atoms with Crippen LogP contribution in [-0.2, 0) is 14.3 Å². The second-order valence-corrected chi connectivity index (χ2v) is 10.1. The number of hydrogen-bond donors (Lipinski definition) is 2. The highest BCUT2D eigenvalue weighted by molar-refractivity contribution is 5.85. The molecule has 1 aliphatic carbocycles. The maximum atomic E-state index is 13.1. The molecule has 2 aromatic rings. The Morgan fingerprint density at radius 3 is 2.00 bits per heavy atom. The Labute approximate surface area is 201 Å². The predicted molar refractivity (Wildman–Crippen MR) is 131 cm³/mol. The number of benzene rings is 2. The molecule has 7 nitrogen and oxygen atoms in total. The summed E-state index contributed by atoms with van der Waals surface area (Å²) < 4.78 is 5.65. The fourth-order valence-corrected chi connectivity index (χ4v) is 4.36. The van der Waals surface area contributed by atoms with Gasteiger partial charge in [0.2, 0.25) is 5.91 Å². The highest BCUT2D eigenvalue weighted by Gasteiger charge is 2.46. The summed E-state index contributed by atoms with van der Waals surface area (Å²) in [6, 6.07) is 16.2. The molecule has 0 radical (unpaired) electrons. The first-order valence-electron chi connectivity index (χ1n) is 11.5. The lowest BCUT2D eigenvalue weighted by atomic mass is 9.73. The molecule has 1 aliphatic rings. The lowest BCUT2D eigenvalue weighted by Crippen LogP contribution is -2.60. The fourth-order valence-electron chi connectivity index (χ4n) is 4.36. The number of aliphatic carboxylic acids is 1. The molecule has 0 aliphatic heterocycles. The van der Waals surface area contributed by atoms with Crippen LogP contribution in [0.25, 0.3) is 11.1 Å². The monoisotopic (exact) mass is 466 g/mol. The van der Waals surface area contributed by atoms with Gasteiger partial charge in [-0.15, -0.1) is 0 Å². The summed E-state index contributed by atoms with van der Waals surface area (Å²) in [6.07, 6.45) is -0.603. The average Bonchev–Trinajstić information content (AvgIpc) is 3.10. The molecule has 0 saturated carbocycles. The Morgan fingerprint density at radius 1 is 1.00 bits per heavy atom. The standard InChI is InChI=1S/C27H34N2O5/c1-17(23(30)31)15-29(6)24(32)26(2,3)27(4,5)28-25(33)34-16-22-20-13-9-7-11-18(20)19-12-8-10-14-21(19)22/h7-14,17,22H,15-16H2,1-6H3,(H,28,33)(H,30,31). The molecule has 0 fully saturated rings. The maximum absolute atomic E-state index is 13.1. The van der Waals surface area contributed by atoms with E-state index in [1.807, 2.05) is 24.3 Å². The van der Waals surface area contributed by atoms with E-state index in [4.69, 9.17) is 9.84 Å². The Balaban J connectivity index is 1.67. The van der Waals surface area contributed by atoms with Gasteiger partial charge in [-0.05, 0) is 49.9 Å². The first-order chi connectivity index (χ1) is 15.9. The van der Waals surface area contributed by atoms with E-state index in [0.717, 1.165) is 22.3 Å². The van der Waals surface area contributed by atoms with E-state index in [1.165, 1.54) is 4.90 Å². The summed E-state index contributed by atoms with van der Waals surface area (Å²) in [4.78, 5) is 38.5. The van der Waals surface area contributed by atoms with Gasteiger partial charge in [0.05, 0.1) is 16.9 Å². The first-order valence-corrected chi connectivity index (χ1v) is 11.5. The number of rotatable bonds is 8. The molecule has 1 unspecified atom stereocenters. The largest absolute Gasteiger partial charge is 0.481 e. The second-order valence-electron chi connectivity index (χ2n) is 10.1. The minimum atomic E-state index is -1.01. The quantitative estimate of drug-likeness (QED) is 0.597. The summed E-state index contributed by atoms with van der Waals surface area (Å²) in [5.74, 6) is -1.97. The van der Waals surface area contributed by atoms with Crippen LogP contribution in [0.1, 0.15) is 51.7 Å². The minimum Gasteiger partial charge on any atom is -0.481 e. The van der Waals surface area contributed by atoms with E-state index >= 15 is 0 Å². The molecule has 2 aromatic carbocycles. The zero-order valence-corrected chi connectivity index (χ0v) is 20.7. The number of hydrogen-bond acceptors (Lipinski definition) is 4. The number of fused-ring (bicyclic) bond motifs is 3. The van der Waals surface area contributed by atoms with Crippen molar-refractivity contribution >= 4 is 18.0 Å². The van der Waals surface area contributed by atoms with Crippen molar-refractivity contribution in [1.29, 1.82) is 0 Å². The number of nitrogens with zero attached hydrogens (tertiary/aromatic N) is 1. The number of amides is 2. The van der Waals surface area contributed by atoms with E-state index in [0.29, 0.717) is 0 Å². The van der Waals surface area contributed by atoms with Crippen LogP contribution in [0.3, 0.4) is 0 Å². The van der Waals surface area contributed by atoms with Crippen LogP contribution in [0.4, 0.5) is 4.79 Å². The fraction of sp³-hybridized carbons (Fsp3) is 0.444. The Kier molecular flexibility index (Phi) is 7.05. The van der Waals surface area contributed by atoms with Gasteiger partial charge in [-0.25, -0.2) is 4.79 Å².